The Morgan fingerprint density at radius 3 is 2.74 bits per heavy atom. The first-order chi connectivity index (χ1) is 16.3. The van der Waals surface area contributed by atoms with E-state index >= 15 is 0 Å². The summed E-state index contributed by atoms with van der Waals surface area (Å²) in [6.45, 7) is 11.9. The van der Waals surface area contributed by atoms with Gasteiger partial charge in [0.15, 0.2) is 11.5 Å². The maximum Gasteiger partial charge on any atom is 0.182 e. The number of aryl methyl sites for hydroxylation is 3. The normalized spacial score (nSPS) is 16.4. The maximum absolute atomic E-state index is 5.03. The Bertz CT molecular complexity index is 1530. The van der Waals surface area contributed by atoms with Crippen LogP contribution in [0.15, 0.2) is 36.7 Å². The molecule has 34 heavy (non-hydrogen) atoms. The Morgan fingerprint density at radius 2 is 1.97 bits per heavy atom. The van der Waals surface area contributed by atoms with E-state index in [1.54, 1.807) is 0 Å². The first kappa shape index (κ1) is 21.5. The van der Waals surface area contributed by atoms with Crippen LogP contribution in [-0.2, 0) is 19.4 Å². The molecule has 0 bridgehead atoms. The Labute approximate surface area is 203 Å². The molecule has 0 radical (unpaired) electrons. The van der Waals surface area contributed by atoms with Gasteiger partial charge < -0.3 is 0 Å². The molecule has 174 valence electrons. The van der Waals surface area contributed by atoms with Gasteiger partial charge in [-0.3, -0.25) is 4.68 Å². The molecule has 1 unspecified atom stereocenters. The third-order valence-corrected chi connectivity index (χ3v) is 8.39. The Kier molecular flexibility index (Phi) is 4.88. The molecule has 1 aliphatic carbocycles. The lowest BCUT2D eigenvalue weighted by Gasteiger charge is -2.33. The monoisotopic (exact) mass is 470 g/mol. The van der Waals surface area contributed by atoms with Crippen LogP contribution in [0.25, 0.3) is 27.3 Å². The first-order valence-electron chi connectivity index (χ1n) is 12.0. The zero-order valence-corrected chi connectivity index (χ0v) is 21.3. The van der Waals surface area contributed by atoms with E-state index in [0.29, 0.717) is 11.3 Å². The molecule has 1 aliphatic rings. The minimum absolute atomic E-state index is 0.330. The van der Waals surface area contributed by atoms with Gasteiger partial charge in [-0.15, -0.1) is 16.4 Å². The highest BCUT2D eigenvalue weighted by Gasteiger charge is 2.31. The second kappa shape index (κ2) is 7.73. The summed E-state index contributed by atoms with van der Waals surface area (Å²) in [5.41, 5.74) is 7.11. The standard InChI is InChI=1S/C27H30N6S/c1-16-11-17(2)32(30-16)14-18-7-6-8-19(12-18)24-29-25-23-21-10-9-20(27(3,4)5)13-22(21)34-26(23)28-15-33(25)31-24/h6-8,11-12,15,20H,9-10,13-14H2,1-5H3. The molecule has 4 aromatic heterocycles. The van der Waals surface area contributed by atoms with E-state index in [9.17, 15) is 0 Å². The second-order valence-electron chi connectivity index (χ2n) is 10.7. The molecule has 1 atom stereocenters. The van der Waals surface area contributed by atoms with E-state index < -0.39 is 0 Å². The molecule has 0 spiro atoms. The minimum atomic E-state index is 0.330. The fraction of sp³-hybridized carbons (Fsp3) is 0.407. The zero-order chi connectivity index (χ0) is 23.6. The number of thiophene rings is 1. The van der Waals surface area contributed by atoms with Gasteiger partial charge in [0, 0.05) is 16.1 Å². The third-order valence-electron chi connectivity index (χ3n) is 7.23. The average Bonchev–Trinajstić information content (AvgIpc) is 3.47. The van der Waals surface area contributed by atoms with Crippen LogP contribution in [0.5, 0.6) is 0 Å². The van der Waals surface area contributed by atoms with E-state index in [2.05, 4.69) is 63.1 Å². The van der Waals surface area contributed by atoms with Gasteiger partial charge in [0.05, 0.1) is 17.6 Å². The number of hydrogen-bond acceptors (Lipinski definition) is 5. The molecule has 1 aromatic carbocycles. The molecule has 6 nitrogen and oxygen atoms in total. The lowest BCUT2D eigenvalue weighted by molar-refractivity contribution is 0.218. The highest BCUT2D eigenvalue weighted by atomic mass is 32.1. The summed E-state index contributed by atoms with van der Waals surface area (Å²) < 4.78 is 3.90. The van der Waals surface area contributed by atoms with Crippen LogP contribution in [0.3, 0.4) is 0 Å². The first-order valence-corrected chi connectivity index (χ1v) is 12.8. The lowest BCUT2D eigenvalue weighted by Crippen LogP contribution is -2.26. The molecule has 0 N–H and O–H groups in total. The highest BCUT2D eigenvalue weighted by Crippen LogP contribution is 2.43. The Balaban J connectivity index is 1.39. The summed E-state index contributed by atoms with van der Waals surface area (Å²) in [6, 6.07) is 10.6. The van der Waals surface area contributed by atoms with Gasteiger partial charge in [0.1, 0.15) is 11.2 Å². The van der Waals surface area contributed by atoms with Gasteiger partial charge in [0.2, 0.25) is 0 Å². The summed E-state index contributed by atoms with van der Waals surface area (Å²) in [5.74, 6) is 1.45. The molecule has 0 amide bonds. The quantitative estimate of drug-likeness (QED) is 0.324. The van der Waals surface area contributed by atoms with Crippen molar-refractivity contribution in [3.8, 4) is 11.4 Å². The van der Waals surface area contributed by atoms with E-state index in [4.69, 9.17) is 15.1 Å². The summed E-state index contributed by atoms with van der Waals surface area (Å²) in [7, 11) is 0. The van der Waals surface area contributed by atoms with Crippen molar-refractivity contribution in [2.24, 2.45) is 11.3 Å². The van der Waals surface area contributed by atoms with Gasteiger partial charge in [-0.25, -0.2) is 14.5 Å². The molecule has 0 saturated heterocycles. The van der Waals surface area contributed by atoms with E-state index in [0.717, 1.165) is 52.6 Å². The average molecular weight is 471 g/mol. The molecular formula is C27H30N6S. The molecule has 0 aliphatic heterocycles. The summed E-state index contributed by atoms with van der Waals surface area (Å²) >= 11 is 1.84. The van der Waals surface area contributed by atoms with Gasteiger partial charge in [-0.1, -0.05) is 39.0 Å². The number of rotatable bonds is 3. The van der Waals surface area contributed by atoms with Gasteiger partial charge in [0.25, 0.3) is 0 Å². The minimum Gasteiger partial charge on any atom is -0.265 e. The summed E-state index contributed by atoms with van der Waals surface area (Å²) in [4.78, 5) is 12.4. The van der Waals surface area contributed by atoms with Crippen LogP contribution < -0.4 is 0 Å². The molecule has 0 saturated carbocycles. The topological polar surface area (TPSA) is 60.9 Å². The third kappa shape index (κ3) is 3.63. The fourth-order valence-electron chi connectivity index (χ4n) is 5.25. The van der Waals surface area contributed by atoms with Crippen LogP contribution in [-0.4, -0.2) is 29.4 Å². The van der Waals surface area contributed by atoms with Gasteiger partial charge in [-0.05, 0) is 67.7 Å². The predicted octanol–water partition coefficient (Wildman–Crippen LogP) is 6.02. The fourth-order valence-corrected chi connectivity index (χ4v) is 6.51. The molecule has 6 rings (SSSR count). The van der Waals surface area contributed by atoms with Crippen molar-refractivity contribution in [2.45, 2.75) is 60.4 Å². The van der Waals surface area contributed by atoms with Crippen LogP contribution in [0.2, 0.25) is 0 Å². The van der Waals surface area contributed by atoms with Crippen molar-refractivity contribution in [1.82, 2.24) is 29.4 Å². The van der Waals surface area contributed by atoms with E-state index in [1.807, 2.05) is 33.8 Å². The SMILES string of the molecule is Cc1cc(C)n(Cc2cccc(-c3nc4c5c6c(sc5ncn4n3)CC(C(C)(C)C)CC6)c2)n1. The Morgan fingerprint density at radius 1 is 1.12 bits per heavy atom. The van der Waals surface area contributed by atoms with Gasteiger partial charge >= 0.3 is 0 Å². The predicted molar refractivity (Wildman–Crippen MR) is 137 cm³/mol. The van der Waals surface area contributed by atoms with Crippen molar-refractivity contribution in [1.29, 1.82) is 0 Å². The van der Waals surface area contributed by atoms with Crippen LogP contribution in [0, 0.1) is 25.2 Å². The number of fused-ring (bicyclic) bond motifs is 5. The van der Waals surface area contributed by atoms with E-state index in [1.165, 1.54) is 27.8 Å². The molecular weight excluding hydrogens is 440 g/mol. The van der Waals surface area contributed by atoms with Crippen molar-refractivity contribution >= 4 is 27.2 Å². The van der Waals surface area contributed by atoms with Crippen molar-refractivity contribution in [3.63, 3.8) is 0 Å². The van der Waals surface area contributed by atoms with Gasteiger partial charge in [-0.2, -0.15) is 5.10 Å². The molecule has 0 fully saturated rings. The summed E-state index contributed by atoms with van der Waals surface area (Å²) in [6.07, 6.45) is 5.27. The van der Waals surface area contributed by atoms with Crippen LogP contribution in [0.1, 0.15) is 54.6 Å². The second-order valence-corrected chi connectivity index (χ2v) is 11.8. The van der Waals surface area contributed by atoms with Crippen molar-refractivity contribution < 1.29 is 0 Å². The van der Waals surface area contributed by atoms with Crippen LogP contribution >= 0.6 is 11.3 Å². The number of nitrogens with zero attached hydrogens (tertiary/aromatic N) is 6. The van der Waals surface area contributed by atoms with Crippen molar-refractivity contribution in [3.05, 3.63) is 64.1 Å². The zero-order valence-electron chi connectivity index (χ0n) is 20.5. The number of benzene rings is 1. The smallest absolute Gasteiger partial charge is 0.182 e. The molecule has 4 heterocycles. The number of aromatic nitrogens is 6. The maximum atomic E-state index is 5.03. The van der Waals surface area contributed by atoms with Crippen molar-refractivity contribution in [2.75, 3.05) is 0 Å². The summed E-state index contributed by atoms with van der Waals surface area (Å²) in [5, 5.41) is 10.6. The molecule has 7 heteroatoms. The largest absolute Gasteiger partial charge is 0.265 e. The highest BCUT2D eigenvalue weighted by molar-refractivity contribution is 7.19. The lowest BCUT2D eigenvalue weighted by atomic mass is 9.72. The van der Waals surface area contributed by atoms with Crippen LogP contribution in [0.4, 0.5) is 0 Å². The van der Waals surface area contributed by atoms with E-state index in [-0.39, 0.29) is 0 Å². The number of hydrogen-bond donors (Lipinski definition) is 0. The Hall–Kier alpha value is -3.06. The molecule has 5 aromatic rings.